The number of barbiturate groups is 1. The zero-order valence-electron chi connectivity index (χ0n) is 18.2. The lowest BCUT2D eigenvalue weighted by molar-refractivity contribution is -0.122. The molecule has 0 aromatic heterocycles. The number of para-hydroxylation sites is 1. The van der Waals surface area contributed by atoms with Gasteiger partial charge in [0.05, 0.1) is 18.4 Å². The molecule has 0 radical (unpaired) electrons. The van der Waals surface area contributed by atoms with Gasteiger partial charge in [-0.15, -0.1) is 0 Å². The van der Waals surface area contributed by atoms with E-state index in [1.165, 1.54) is 13.2 Å². The van der Waals surface area contributed by atoms with E-state index in [4.69, 9.17) is 4.74 Å². The van der Waals surface area contributed by atoms with Crippen LogP contribution in [0.4, 0.5) is 10.5 Å². The molecule has 8 nitrogen and oxygen atoms in total. The number of urea groups is 1. The molecular formula is C26H20N2O6. The molecule has 1 N–H and O–H groups in total. The fourth-order valence-corrected chi connectivity index (χ4v) is 3.35. The van der Waals surface area contributed by atoms with Gasteiger partial charge in [0.25, 0.3) is 11.8 Å². The summed E-state index contributed by atoms with van der Waals surface area (Å²) in [6.07, 6.45) is 1.41. The quantitative estimate of drug-likeness (QED) is 0.345. The van der Waals surface area contributed by atoms with Crippen LogP contribution < -0.4 is 15.0 Å². The monoisotopic (exact) mass is 456 g/mol. The minimum atomic E-state index is -0.798. The number of carbonyl (C=O) groups is 4. The molecule has 0 atom stereocenters. The second kappa shape index (κ2) is 9.83. The first-order valence-electron chi connectivity index (χ1n) is 10.3. The van der Waals surface area contributed by atoms with Crippen molar-refractivity contribution in [3.05, 3.63) is 101 Å². The van der Waals surface area contributed by atoms with Gasteiger partial charge in [0.1, 0.15) is 17.9 Å². The number of esters is 1. The predicted molar refractivity (Wildman–Crippen MR) is 124 cm³/mol. The Bertz CT molecular complexity index is 1280. The standard InChI is InChI=1S/C26H20N2O6/c1-33-25(31)19-12-10-17(11-13-19)16-34-21-9-5-6-18(14-21)15-22-23(29)27-26(32)28(24(22)30)20-7-3-2-4-8-20/h2-15H,16H2,1H3,(H,27,29,32). The van der Waals surface area contributed by atoms with Crippen LogP contribution >= 0.6 is 0 Å². The molecule has 0 saturated carbocycles. The van der Waals surface area contributed by atoms with Crippen LogP contribution in [-0.2, 0) is 20.9 Å². The summed E-state index contributed by atoms with van der Waals surface area (Å²) in [6, 6.07) is 21.3. The van der Waals surface area contributed by atoms with Crippen molar-refractivity contribution in [1.29, 1.82) is 0 Å². The molecule has 34 heavy (non-hydrogen) atoms. The van der Waals surface area contributed by atoms with Crippen molar-refractivity contribution in [2.75, 3.05) is 12.0 Å². The first-order valence-corrected chi connectivity index (χ1v) is 10.3. The van der Waals surface area contributed by atoms with Crippen molar-refractivity contribution in [1.82, 2.24) is 5.32 Å². The van der Waals surface area contributed by atoms with Gasteiger partial charge in [0, 0.05) is 0 Å². The molecule has 0 unspecified atom stereocenters. The SMILES string of the molecule is COC(=O)c1ccc(COc2cccc(C=C3C(=O)NC(=O)N(c4ccccc4)C3=O)c2)cc1. The Morgan fingerprint density at radius 2 is 1.68 bits per heavy atom. The van der Waals surface area contributed by atoms with Crippen LogP contribution in [-0.4, -0.2) is 30.9 Å². The van der Waals surface area contributed by atoms with Crippen molar-refractivity contribution in [2.45, 2.75) is 6.61 Å². The van der Waals surface area contributed by atoms with Crippen molar-refractivity contribution in [3.63, 3.8) is 0 Å². The number of amides is 4. The van der Waals surface area contributed by atoms with Crippen LogP contribution in [0.15, 0.2) is 84.4 Å². The maximum atomic E-state index is 13.0. The Morgan fingerprint density at radius 3 is 2.38 bits per heavy atom. The number of hydrogen-bond acceptors (Lipinski definition) is 6. The highest BCUT2D eigenvalue weighted by molar-refractivity contribution is 6.39. The predicted octanol–water partition coefficient (Wildman–Crippen LogP) is 3.72. The molecule has 1 aliphatic rings. The van der Waals surface area contributed by atoms with Crippen molar-refractivity contribution < 1.29 is 28.7 Å². The van der Waals surface area contributed by atoms with Gasteiger partial charge in [0.15, 0.2) is 0 Å². The highest BCUT2D eigenvalue weighted by Gasteiger charge is 2.36. The largest absolute Gasteiger partial charge is 0.489 e. The van der Waals surface area contributed by atoms with E-state index < -0.39 is 23.8 Å². The number of methoxy groups -OCH3 is 1. The Balaban J connectivity index is 1.51. The molecule has 1 fully saturated rings. The highest BCUT2D eigenvalue weighted by atomic mass is 16.5. The molecule has 0 spiro atoms. The van der Waals surface area contributed by atoms with Gasteiger partial charge < -0.3 is 9.47 Å². The average molecular weight is 456 g/mol. The first-order chi connectivity index (χ1) is 16.5. The summed E-state index contributed by atoms with van der Waals surface area (Å²) in [5, 5.41) is 2.20. The zero-order valence-corrected chi connectivity index (χ0v) is 18.2. The number of ether oxygens (including phenoxy) is 2. The van der Waals surface area contributed by atoms with Crippen LogP contribution in [0, 0.1) is 0 Å². The van der Waals surface area contributed by atoms with Crippen LogP contribution in [0.1, 0.15) is 21.5 Å². The zero-order chi connectivity index (χ0) is 24.1. The summed E-state index contributed by atoms with van der Waals surface area (Å²) in [7, 11) is 1.32. The number of imide groups is 2. The number of hydrogen-bond donors (Lipinski definition) is 1. The van der Waals surface area contributed by atoms with Crippen molar-refractivity contribution >= 4 is 35.6 Å². The Labute approximate surface area is 195 Å². The Kier molecular flexibility index (Phi) is 6.49. The van der Waals surface area contributed by atoms with E-state index in [2.05, 4.69) is 10.1 Å². The second-order valence-electron chi connectivity index (χ2n) is 7.34. The summed E-state index contributed by atoms with van der Waals surface area (Å²) in [5.41, 5.74) is 2.03. The molecule has 3 aromatic rings. The number of rotatable bonds is 6. The first kappa shape index (κ1) is 22.5. The lowest BCUT2D eigenvalue weighted by Crippen LogP contribution is -2.54. The minimum Gasteiger partial charge on any atom is -0.489 e. The molecule has 0 aliphatic carbocycles. The average Bonchev–Trinajstić information content (AvgIpc) is 2.86. The van der Waals surface area contributed by atoms with E-state index in [1.807, 2.05) is 0 Å². The van der Waals surface area contributed by atoms with Crippen LogP contribution in [0.25, 0.3) is 6.08 Å². The fraction of sp³-hybridized carbons (Fsp3) is 0.0769. The summed E-state index contributed by atoms with van der Waals surface area (Å²) in [6.45, 7) is 0.247. The van der Waals surface area contributed by atoms with Gasteiger partial charge in [0.2, 0.25) is 0 Å². The minimum absolute atomic E-state index is 0.168. The second-order valence-corrected chi connectivity index (χ2v) is 7.34. The third-order valence-electron chi connectivity index (χ3n) is 5.07. The molecule has 1 heterocycles. The van der Waals surface area contributed by atoms with Gasteiger partial charge in [-0.05, 0) is 53.6 Å². The molecule has 3 aromatic carbocycles. The van der Waals surface area contributed by atoms with E-state index in [-0.39, 0.29) is 12.2 Å². The highest BCUT2D eigenvalue weighted by Crippen LogP contribution is 2.23. The molecule has 8 heteroatoms. The van der Waals surface area contributed by atoms with E-state index >= 15 is 0 Å². The van der Waals surface area contributed by atoms with Gasteiger partial charge in [-0.25, -0.2) is 14.5 Å². The van der Waals surface area contributed by atoms with Crippen LogP contribution in [0.5, 0.6) is 5.75 Å². The number of benzene rings is 3. The van der Waals surface area contributed by atoms with E-state index in [0.717, 1.165) is 10.5 Å². The van der Waals surface area contributed by atoms with Crippen LogP contribution in [0.3, 0.4) is 0 Å². The lowest BCUT2D eigenvalue weighted by Gasteiger charge is -2.26. The summed E-state index contributed by atoms with van der Waals surface area (Å²) < 4.78 is 10.5. The normalized spacial score (nSPS) is 14.7. The van der Waals surface area contributed by atoms with Gasteiger partial charge in [-0.2, -0.15) is 0 Å². The molecule has 4 rings (SSSR count). The molecule has 0 bridgehead atoms. The number of nitrogens with zero attached hydrogens (tertiary/aromatic N) is 1. The summed E-state index contributed by atoms with van der Waals surface area (Å²) in [5.74, 6) is -1.37. The van der Waals surface area contributed by atoms with Gasteiger partial charge in [-0.3, -0.25) is 14.9 Å². The Hall–Kier alpha value is -4.72. The number of anilines is 1. The summed E-state index contributed by atoms with van der Waals surface area (Å²) in [4.78, 5) is 50.1. The Morgan fingerprint density at radius 1 is 0.941 bits per heavy atom. The van der Waals surface area contributed by atoms with Crippen LogP contribution in [0.2, 0.25) is 0 Å². The topological polar surface area (TPSA) is 102 Å². The fourth-order valence-electron chi connectivity index (χ4n) is 3.35. The third-order valence-corrected chi connectivity index (χ3v) is 5.07. The number of carbonyl (C=O) groups excluding carboxylic acids is 4. The molecule has 4 amide bonds. The maximum absolute atomic E-state index is 13.0. The van der Waals surface area contributed by atoms with E-state index in [1.54, 1.807) is 78.9 Å². The molecule has 170 valence electrons. The van der Waals surface area contributed by atoms with Gasteiger partial charge in [-0.1, -0.05) is 42.5 Å². The summed E-state index contributed by atoms with van der Waals surface area (Å²) >= 11 is 0. The maximum Gasteiger partial charge on any atom is 0.337 e. The molecule has 1 aliphatic heterocycles. The van der Waals surface area contributed by atoms with E-state index in [9.17, 15) is 19.2 Å². The third kappa shape index (κ3) is 4.86. The van der Waals surface area contributed by atoms with E-state index in [0.29, 0.717) is 22.6 Å². The lowest BCUT2D eigenvalue weighted by atomic mass is 10.1. The molecule has 1 saturated heterocycles. The van der Waals surface area contributed by atoms with Crippen molar-refractivity contribution in [2.24, 2.45) is 0 Å². The van der Waals surface area contributed by atoms with Gasteiger partial charge >= 0.3 is 12.0 Å². The smallest absolute Gasteiger partial charge is 0.337 e. The number of nitrogens with one attached hydrogen (secondary N) is 1. The molecular weight excluding hydrogens is 436 g/mol. The van der Waals surface area contributed by atoms with Crippen molar-refractivity contribution in [3.8, 4) is 5.75 Å².